The Morgan fingerprint density at radius 2 is 1.69 bits per heavy atom. The van der Waals surface area contributed by atoms with E-state index in [-0.39, 0.29) is 11.8 Å². The van der Waals surface area contributed by atoms with Crippen LogP contribution in [0.2, 0.25) is 0 Å². The van der Waals surface area contributed by atoms with E-state index >= 15 is 0 Å². The molecule has 0 fully saturated rings. The maximum Gasteiger partial charge on any atom is 0.255 e. The van der Waals surface area contributed by atoms with Crippen LogP contribution in [0.15, 0.2) is 83.5 Å². The van der Waals surface area contributed by atoms with Crippen LogP contribution in [-0.2, 0) is 6.54 Å². The van der Waals surface area contributed by atoms with E-state index in [1.54, 1.807) is 12.3 Å². The maximum atomic E-state index is 13.2. The fraction of sp³-hybridized carbons (Fsp3) is 0.267. The number of anilines is 2. The smallest absolute Gasteiger partial charge is 0.255 e. The van der Waals surface area contributed by atoms with Crippen molar-refractivity contribution in [1.82, 2.24) is 5.32 Å². The Balaban J connectivity index is 1.63. The number of carbonyl (C=O) groups is 2. The molecule has 0 bridgehead atoms. The summed E-state index contributed by atoms with van der Waals surface area (Å²) >= 11 is 0. The summed E-state index contributed by atoms with van der Waals surface area (Å²) in [7, 11) is 0. The number of amides is 2. The molecule has 6 nitrogen and oxygen atoms in total. The molecule has 1 heterocycles. The number of furan rings is 1. The van der Waals surface area contributed by atoms with Gasteiger partial charge in [0.25, 0.3) is 11.8 Å². The van der Waals surface area contributed by atoms with Gasteiger partial charge in [-0.15, -0.1) is 0 Å². The average molecular weight is 484 g/mol. The largest absolute Gasteiger partial charge is 0.467 e. The zero-order chi connectivity index (χ0) is 25.3. The molecule has 4 rings (SSSR count). The van der Waals surface area contributed by atoms with Crippen molar-refractivity contribution in [3.63, 3.8) is 0 Å². The summed E-state index contributed by atoms with van der Waals surface area (Å²) in [6.45, 7) is 6.09. The summed E-state index contributed by atoms with van der Waals surface area (Å²) in [6, 6.07) is 22.9. The Hall–Kier alpha value is -4.06. The summed E-state index contributed by atoms with van der Waals surface area (Å²) in [6.07, 6.45) is 4.52. The van der Waals surface area contributed by atoms with Gasteiger partial charge in [-0.1, -0.05) is 50.6 Å². The molecule has 3 aromatic carbocycles. The van der Waals surface area contributed by atoms with Gasteiger partial charge in [0, 0.05) is 24.3 Å². The van der Waals surface area contributed by atoms with E-state index in [1.807, 2.05) is 73.7 Å². The third-order valence-corrected chi connectivity index (χ3v) is 6.10. The van der Waals surface area contributed by atoms with Crippen LogP contribution < -0.4 is 15.5 Å². The van der Waals surface area contributed by atoms with Gasteiger partial charge in [0.05, 0.1) is 24.1 Å². The quantitative estimate of drug-likeness (QED) is 0.251. The van der Waals surface area contributed by atoms with E-state index in [9.17, 15) is 9.59 Å². The molecular formula is C30H33N3O3. The Kier molecular flexibility index (Phi) is 8.40. The molecule has 0 saturated heterocycles. The van der Waals surface area contributed by atoms with Gasteiger partial charge in [0.1, 0.15) is 5.76 Å². The van der Waals surface area contributed by atoms with Crippen LogP contribution in [0, 0.1) is 0 Å². The summed E-state index contributed by atoms with van der Waals surface area (Å²) in [5, 5.41) is 8.05. The van der Waals surface area contributed by atoms with Crippen molar-refractivity contribution in [2.24, 2.45) is 0 Å². The number of fused-ring (bicyclic) bond motifs is 1. The van der Waals surface area contributed by atoms with Crippen LogP contribution in [0.4, 0.5) is 11.4 Å². The minimum absolute atomic E-state index is 0.158. The molecule has 6 heteroatoms. The zero-order valence-corrected chi connectivity index (χ0v) is 20.9. The predicted molar refractivity (Wildman–Crippen MR) is 146 cm³/mol. The molecule has 0 unspecified atom stereocenters. The lowest BCUT2D eigenvalue weighted by Gasteiger charge is -2.26. The first-order valence-electron chi connectivity index (χ1n) is 12.6. The molecule has 0 saturated carbocycles. The summed E-state index contributed by atoms with van der Waals surface area (Å²) < 4.78 is 5.59. The summed E-state index contributed by atoms with van der Waals surface area (Å²) in [5.41, 5.74) is 2.49. The van der Waals surface area contributed by atoms with Gasteiger partial charge in [0.15, 0.2) is 0 Å². The van der Waals surface area contributed by atoms with Crippen molar-refractivity contribution < 1.29 is 14.0 Å². The molecule has 2 amide bonds. The molecule has 186 valence electrons. The van der Waals surface area contributed by atoms with Crippen LogP contribution in [0.25, 0.3) is 10.8 Å². The van der Waals surface area contributed by atoms with E-state index in [4.69, 9.17) is 4.42 Å². The lowest BCUT2D eigenvalue weighted by Crippen LogP contribution is -2.30. The van der Waals surface area contributed by atoms with Gasteiger partial charge in [-0.3, -0.25) is 9.59 Å². The average Bonchev–Trinajstić information content (AvgIpc) is 3.42. The number of carbonyl (C=O) groups excluding carboxylic acids is 2. The fourth-order valence-electron chi connectivity index (χ4n) is 4.16. The first-order chi connectivity index (χ1) is 17.6. The van der Waals surface area contributed by atoms with E-state index in [0.717, 1.165) is 48.0 Å². The fourth-order valence-corrected chi connectivity index (χ4v) is 4.16. The molecule has 0 spiro atoms. The van der Waals surface area contributed by atoms with Crippen molar-refractivity contribution in [2.45, 2.75) is 39.7 Å². The van der Waals surface area contributed by atoms with Crippen molar-refractivity contribution in [1.29, 1.82) is 0 Å². The highest BCUT2D eigenvalue weighted by molar-refractivity contribution is 6.08. The van der Waals surface area contributed by atoms with E-state index < -0.39 is 0 Å². The monoisotopic (exact) mass is 483 g/mol. The lowest BCUT2D eigenvalue weighted by molar-refractivity contribution is 0.0952. The molecular weight excluding hydrogens is 450 g/mol. The summed E-state index contributed by atoms with van der Waals surface area (Å²) in [5.74, 6) is 0.459. The normalized spacial score (nSPS) is 10.8. The second-order valence-electron chi connectivity index (χ2n) is 8.86. The number of hydrogen-bond acceptors (Lipinski definition) is 4. The van der Waals surface area contributed by atoms with Crippen molar-refractivity contribution in [3.05, 3.63) is 95.9 Å². The van der Waals surface area contributed by atoms with E-state index in [2.05, 4.69) is 22.5 Å². The zero-order valence-electron chi connectivity index (χ0n) is 20.9. The van der Waals surface area contributed by atoms with Crippen LogP contribution in [-0.4, -0.2) is 24.9 Å². The molecule has 0 atom stereocenters. The minimum Gasteiger partial charge on any atom is -0.467 e. The lowest BCUT2D eigenvalue weighted by atomic mass is 10.1. The number of rotatable bonds is 11. The van der Waals surface area contributed by atoms with Crippen LogP contribution in [0.1, 0.15) is 59.6 Å². The third kappa shape index (κ3) is 6.13. The van der Waals surface area contributed by atoms with Gasteiger partial charge in [0.2, 0.25) is 0 Å². The van der Waals surface area contributed by atoms with E-state index in [0.29, 0.717) is 29.9 Å². The predicted octanol–water partition coefficient (Wildman–Crippen LogP) is 6.63. The molecule has 0 aliphatic heterocycles. The maximum absolute atomic E-state index is 13.2. The number of nitrogens with zero attached hydrogens (tertiary/aromatic N) is 1. The van der Waals surface area contributed by atoms with Gasteiger partial charge < -0.3 is 20.0 Å². The SMILES string of the molecule is CCCCN(Cc1ccco1)c1ccc(NC(=O)c2ccc3ccccc3c2)cc1C(=O)NCCC. The van der Waals surface area contributed by atoms with Crippen LogP contribution in [0.3, 0.4) is 0 Å². The second-order valence-corrected chi connectivity index (χ2v) is 8.86. The van der Waals surface area contributed by atoms with Gasteiger partial charge in [-0.05, 0) is 66.1 Å². The van der Waals surface area contributed by atoms with Crippen molar-refractivity contribution in [3.8, 4) is 0 Å². The topological polar surface area (TPSA) is 74.6 Å². The highest BCUT2D eigenvalue weighted by Crippen LogP contribution is 2.27. The highest BCUT2D eigenvalue weighted by Gasteiger charge is 2.19. The van der Waals surface area contributed by atoms with Crippen LogP contribution >= 0.6 is 0 Å². The Labute approximate surface area is 212 Å². The summed E-state index contributed by atoms with van der Waals surface area (Å²) in [4.78, 5) is 28.4. The number of unbranched alkanes of at least 4 members (excludes halogenated alkanes) is 1. The molecule has 2 N–H and O–H groups in total. The molecule has 0 aliphatic rings. The number of hydrogen-bond donors (Lipinski definition) is 2. The Morgan fingerprint density at radius 3 is 2.44 bits per heavy atom. The molecule has 0 radical (unpaired) electrons. The number of nitrogens with one attached hydrogen (secondary N) is 2. The first-order valence-corrected chi connectivity index (χ1v) is 12.6. The van der Waals surface area contributed by atoms with Crippen molar-refractivity contribution in [2.75, 3.05) is 23.3 Å². The van der Waals surface area contributed by atoms with Crippen molar-refractivity contribution >= 4 is 34.0 Å². The molecule has 0 aliphatic carbocycles. The first kappa shape index (κ1) is 25.0. The van der Waals surface area contributed by atoms with Gasteiger partial charge >= 0.3 is 0 Å². The number of benzene rings is 3. The van der Waals surface area contributed by atoms with Crippen LogP contribution in [0.5, 0.6) is 0 Å². The molecule has 4 aromatic rings. The third-order valence-electron chi connectivity index (χ3n) is 6.10. The molecule has 1 aromatic heterocycles. The Bertz CT molecular complexity index is 1310. The molecule has 36 heavy (non-hydrogen) atoms. The standard InChI is InChI=1S/C30H33N3O3/c1-3-5-17-33(21-26-11-8-18-36-26)28-15-14-25(20-27(28)30(35)31-16-4-2)32-29(34)24-13-12-22-9-6-7-10-23(22)19-24/h6-15,18-20H,3-5,16-17,21H2,1-2H3,(H,31,35)(H,32,34). The van der Waals surface area contributed by atoms with Gasteiger partial charge in [-0.2, -0.15) is 0 Å². The van der Waals surface area contributed by atoms with E-state index in [1.165, 1.54) is 0 Å². The second kappa shape index (κ2) is 12.1. The Morgan fingerprint density at radius 1 is 0.861 bits per heavy atom. The van der Waals surface area contributed by atoms with Gasteiger partial charge in [-0.25, -0.2) is 0 Å². The minimum atomic E-state index is -0.216. The highest BCUT2D eigenvalue weighted by atomic mass is 16.3.